The van der Waals surface area contributed by atoms with Crippen molar-refractivity contribution < 1.29 is 19.4 Å². The molecule has 0 saturated carbocycles. The normalized spacial score (nSPS) is 10.6. The second-order valence-electron chi connectivity index (χ2n) is 3.97. The molecule has 0 rings (SSSR count). The smallest absolute Gasteiger partial charge is 0.409 e. The Hall–Kier alpha value is -0.850. The van der Waals surface area contributed by atoms with Crippen molar-refractivity contribution in [1.82, 2.24) is 9.80 Å². The quantitative estimate of drug-likeness (QED) is 0.623. The van der Waals surface area contributed by atoms with E-state index in [2.05, 4.69) is 4.90 Å². The second-order valence-corrected chi connectivity index (χ2v) is 3.97. The number of aliphatic hydroxyl groups excluding tert-OH is 1. The first-order chi connectivity index (χ1) is 8.11. The van der Waals surface area contributed by atoms with Gasteiger partial charge in [0, 0.05) is 20.2 Å². The Bertz CT molecular complexity index is 200. The summed E-state index contributed by atoms with van der Waals surface area (Å²) in [7, 11) is 5.57. The van der Waals surface area contributed by atoms with Crippen molar-refractivity contribution >= 4 is 6.09 Å². The summed E-state index contributed by atoms with van der Waals surface area (Å²) in [5, 5.41) is 8.59. The maximum Gasteiger partial charge on any atom is 0.409 e. The predicted octanol–water partition coefficient (Wildman–Crippen LogP) is 0.0154. The molecular weight excluding hydrogens is 224 g/mol. The van der Waals surface area contributed by atoms with Gasteiger partial charge < -0.3 is 24.4 Å². The Kier molecular flexibility index (Phi) is 9.80. The van der Waals surface area contributed by atoms with Crippen molar-refractivity contribution in [1.29, 1.82) is 0 Å². The van der Waals surface area contributed by atoms with Crippen LogP contribution in [0.3, 0.4) is 0 Å². The van der Waals surface area contributed by atoms with E-state index in [0.29, 0.717) is 19.7 Å². The number of ether oxygens (including phenoxy) is 2. The highest BCUT2D eigenvalue weighted by Gasteiger charge is 2.13. The van der Waals surface area contributed by atoms with E-state index < -0.39 is 6.09 Å². The third-order valence-electron chi connectivity index (χ3n) is 2.17. The number of rotatable bonds is 9. The minimum Gasteiger partial charge on any atom is -0.447 e. The molecule has 102 valence electrons. The molecule has 6 nitrogen and oxygen atoms in total. The van der Waals surface area contributed by atoms with Crippen LogP contribution in [0.2, 0.25) is 0 Å². The van der Waals surface area contributed by atoms with Crippen LogP contribution in [0.15, 0.2) is 0 Å². The summed E-state index contributed by atoms with van der Waals surface area (Å²) in [5.41, 5.74) is 0. The van der Waals surface area contributed by atoms with Crippen molar-refractivity contribution in [2.75, 3.05) is 60.7 Å². The summed E-state index contributed by atoms with van der Waals surface area (Å²) < 4.78 is 9.82. The van der Waals surface area contributed by atoms with Crippen LogP contribution in [0.1, 0.15) is 6.42 Å². The van der Waals surface area contributed by atoms with Gasteiger partial charge in [-0.25, -0.2) is 4.79 Å². The summed E-state index contributed by atoms with van der Waals surface area (Å²) in [6, 6.07) is 0. The Labute approximate surface area is 103 Å². The van der Waals surface area contributed by atoms with E-state index in [0.717, 1.165) is 13.0 Å². The average Bonchev–Trinajstić information content (AvgIpc) is 2.30. The first-order valence-corrected chi connectivity index (χ1v) is 5.78. The third-order valence-corrected chi connectivity index (χ3v) is 2.17. The Morgan fingerprint density at radius 3 is 2.41 bits per heavy atom. The molecule has 0 aliphatic rings. The Morgan fingerprint density at radius 2 is 1.88 bits per heavy atom. The molecule has 1 N–H and O–H groups in total. The van der Waals surface area contributed by atoms with Crippen LogP contribution in [0, 0.1) is 0 Å². The summed E-state index contributed by atoms with van der Waals surface area (Å²) >= 11 is 0. The topological polar surface area (TPSA) is 62.2 Å². The highest BCUT2D eigenvalue weighted by molar-refractivity contribution is 5.67. The van der Waals surface area contributed by atoms with E-state index in [4.69, 9.17) is 14.6 Å². The van der Waals surface area contributed by atoms with Gasteiger partial charge in [0.25, 0.3) is 0 Å². The molecule has 0 unspecified atom stereocenters. The molecular formula is C11H24N2O4. The molecule has 0 aromatic carbocycles. The van der Waals surface area contributed by atoms with Crippen LogP contribution in [0.5, 0.6) is 0 Å². The highest BCUT2D eigenvalue weighted by atomic mass is 16.6. The van der Waals surface area contributed by atoms with Crippen molar-refractivity contribution in [2.24, 2.45) is 0 Å². The molecule has 0 aromatic rings. The van der Waals surface area contributed by atoms with Gasteiger partial charge in [0.1, 0.15) is 6.61 Å². The number of carbonyl (C=O) groups is 1. The van der Waals surface area contributed by atoms with Crippen LogP contribution in [-0.4, -0.2) is 81.7 Å². The predicted molar refractivity (Wildman–Crippen MR) is 65.1 cm³/mol. The lowest BCUT2D eigenvalue weighted by Crippen LogP contribution is -2.36. The fourth-order valence-corrected chi connectivity index (χ4v) is 1.30. The summed E-state index contributed by atoms with van der Waals surface area (Å²) in [6.07, 6.45) is 0.486. The van der Waals surface area contributed by atoms with Crippen LogP contribution in [0.25, 0.3) is 0 Å². The third kappa shape index (κ3) is 8.91. The SMILES string of the molecule is COCCN(CCCN(C)C)C(=O)OCCO. The zero-order valence-corrected chi connectivity index (χ0v) is 11.0. The molecule has 17 heavy (non-hydrogen) atoms. The van der Waals surface area contributed by atoms with Gasteiger partial charge in [-0.2, -0.15) is 0 Å². The highest BCUT2D eigenvalue weighted by Crippen LogP contribution is 1.97. The van der Waals surface area contributed by atoms with Gasteiger partial charge in [0.2, 0.25) is 0 Å². The monoisotopic (exact) mass is 248 g/mol. The maximum atomic E-state index is 11.6. The second kappa shape index (κ2) is 10.3. The minimum atomic E-state index is -0.394. The van der Waals surface area contributed by atoms with Crippen molar-refractivity contribution in [3.05, 3.63) is 0 Å². The summed E-state index contributed by atoms with van der Waals surface area (Å²) in [4.78, 5) is 15.3. The molecule has 0 aliphatic carbocycles. The molecule has 0 atom stereocenters. The van der Waals surface area contributed by atoms with Crippen LogP contribution in [-0.2, 0) is 9.47 Å². The van der Waals surface area contributed by atoms with Crippen LogP contribution in [0.4, 0.5) is 4.79 Å². The van der Waals surface area contributed by atoms with Crippen LogP contribution < -0.4 is 0 Å². The molecule has 0 bridgehead atoms. The molecule has 0 saturated heterocycles. The van der Waals surface area contributed by atoms with Gasteiger partial charge in [-0.3, -0.25) is 0 Å². The van der Waals surface area contributed by atoms with E-state index in [1.54, 1.807) is 12.0 Å². The van der Waals surface area contributed by atoms with Gasteiger partial charge in [0.05, 0.1) is 13.2 Å². The fourth-order valence-electron chi connectivity index (χ4n) is 1.30. The van der Waals surface area contributed by atoms with E-state index >= 15 is 0 Å². The van der Waals surface area contributed by atoms with Gasteiger partial charge >= 0.3 is 6.09 Å². The lowest BCUT2D eigenvalue weighted by molar-refractivity contribution is 0.0726. The largest absolute Gasteiger partial charge is 0.447 e. The van der Waals surface area contributed by atoms with Gasteiger partial charge in [-0.15, -0.1) is 0 Å². The summed E-state index contributed by atoms with van der Waals surface area (Å²) in [5.74, 6) is 0. The summed E-state index contributed by atoms with van der Waals surface area (Å²) in [6.45, 7) is 2.42. The van der Waals surface area contributed by atoms with E-state index in [9.17, 15) is 4.79 Å². The van der Waals surface area contributed by atoms with E-state index in [-0.39, 0.29) is 13.2 Å². The Balaban J connectivity index is 3.98. The zero-order chi connectivity index (χ0) is 13.1. The molecule has 0 aliphatic heterocycles. The number of aliphatic hydroxyl groups is 1. The standard InChI is InChI=1S/C11H24N2O4/c1-12(2)5-4-6-13(7-9-16-3)11(15)17-10-8-14/h14H,4-10H2,1-3H3. The van der Waals surface area contributed by atoms with Gasteiger partial charge in [-0.05, 0) is 27.1 Å². The average molecular weight is 248 g/mol. The number of amides is 1. The van der Waals surface area contributed by atoms with E-state index in [1.165, 1.54) is 0 Å². The van der Waals surface area contributed by atoms with Gasteiger partial charge in [0.15, 0.2) is 0 Å². The number of nitrogens with zero attached hydrogens (tertiary/aromatic N) is 2. The molecule has 0 aromatic heterocycles. The van der Waals surface area contributed by atoms with Crippen molar-refractivity contribution in [3.8, 4) is 0 Å². The molecule has 0 spiro atoms. The number of carbonyl (C=O) groups excluding carboxylic acids is 1. The van der Waals surface area contributed by atoms with Gasteiger partial charge in [-0.1, -0.05) is 0 Å². The molecule has 0 heterocycles. The lowest BCUT2D eigenvalue weighted by Gasteiger charge is -2.22. The number of hydrogen-bond acceptors (Lipinski definition) is 5. The maximum absolute atomic E-state index is 11.6. The fraction of sp³-hybridized carbons (Fsp3) is 0.909. The lowest BCUT2D eigenvalue weighted by atomic mass is 10.3. The minimum absolute atomic E-state index is 0.0377. The van der Waals surface area contributed by atoms with Crippen LogP contribution >= 0.6 is 0 Å². The first kappa shape index (κ1) is 16.1. The van der Waals surface area contributed by atoms with E-state index in [1.807, 2.05) is 14.1 Å². The molecule has 0 fully saturated rings. The zero-order valence-electron chi connectivity index (χ0n) is 11.0. The molecule has 6 heteroatoms. The Morgan fingerprint density at radius 1 is 1.18 bits per heavy atom. The van der Waals surface area contributed by atoms with Crippen molar-refractivity contribution in [2.45, 2.75) is 6.42 Å². The molecule has 1 amide bonds. The van der Waals surface area contributed by atoms with Crippen molar-refractivity contribution in [3.63, 3.8) is 0 Å². The molecule has 0 radical (unpaired) electrons. The number of hydrogen-bond donors (Lipinski definition) is 1. The first-order valence-electron chi connectivity index (χ1n) is 5.78. The number of methoxy groups -OCH3 is 1.